The number of nitrogens with zero attached hydrogens (tertiary/aromatic N) is 5. The molecule has 1 aliphatic rings. The summed E-state index contributed by atoms with van der Waals surface area (Å²) in [5, 5.41) is 4.16. The summed E-state index contributed by atoms with van der Waals surface area (Å²) < 4.78 is 1.67. The molecule has 0 bridgehead atoms. The van der Waals surface area contributed by atoms with Gasteiger partial charge in [0.05, 0.1) is 0 Å². The molecule has 94 valence electrons. The Bertz CT molecular complexity index is 388. The monoisotopic (exact) mass is 236 g/mol. The third-order valence-electron chi connectivity index (χ3n) is 3.14. The Morgan fingerprint density at radius 1 is 1.53 bits per heavy atom. The van der Waals surface area contributed by atoms with Gasteiger partial charge in [-0.25, -0.2) is 9.98 Å². The van der Waals surface area contributed by atoms with Crippen molar-refractivity contribution >= 4 is 5.96 Å². The molecule has 2 rings (SSSR count). The minimum Gasteiger partial charge on any atom is -0.370 e. The van der Waals surface area contributed by atoms with Crippen molar-refractivity contribution in [3.63, 3.8) is 0 Å². The lowest BCUT2D eigenvalue weighted by molar-refractivity contribution is 0.277. The minimum absolute atomic E-state index is 0.457. The number of aliphatic imine (C=N–C) groups is 1. The first-order valence-electron chi connectivity index (χ1n) is 6.04. The predicted molar refractivity (Wildman–Crippen MR) is 66.3 cm³/mol. The lowest BCUT2D eigenvalue weighted by Crippen LogP contribution is -2.42. The van der Waals surface area contributed by atoms with Crippen LogP contribution in [0.5, 0.6) is 0 Å². The number of nitrogens with two attached hydrogens (primary N) is 1. The van der Waals surface area contributed by atoms with Crippen LogP contribution in [0.3, 0.4) is 0 Å². The topological polar surface area (TPSA) is 72.3 Å². The smallest absolute Gasteiger partial charge is 0.191 e. The quantitative estimate of drug-likeness (QED) is 0.594. The number of likely N-dealkylation sites (tertiary alicyclic amines) is 1. The highest BCUT2D eigenvalue weighted by molar-refractivity contribution is 5.78. The first kappa shape index (κ1) is 11.9. The van der Waals surface area contributed by atoms with Gasteiger partial charge in [0.1, 0.15) is 12.9 Å². The second-order valence-electron chi connectivity index (χ2n) is 4.68. The largest absolute Gasteiger partial charge is 0.370 e. The maximum absolute atomic E-state index is 5.96. The summed E-state index contributed by atoms with van der Waals surface area (Å²) in [6.07, 6.45) is 4.06. The fourth-order valence-electron chi connectivity index (χ4n) is 1.95. The van der Waals surface area contributed by atoms with Gasteiger partial charge in [0, 0.05) is 20.1 Å². The molecule has 0 spiro atoms. The van der Waals surface area contributed by atoms with Crippen LogP contribution in [0.4, 0.5) is 0 Å². The van der Waals surface area contributed by atoms with E-state index in [0.717, 1.165) is 19.0 Å². The van der Waals surface area contributed by atoms with E-state index in [4.69, 9.17) is 5.73 Å². The highest BCUT2D eigenvalue weighted by atomic mass is 15.3. The van der Waals surface area contributed by atoms with Crippen molar-refractivity contribution in [3.8, 4) is 0 Å². The van der Waals surface area contributed by atoms with E-state index in [2.05, 4.69) is 26.9 Å². The molecule has 0 aliphatic carbocycles. The van der Waals surface area contributed by atoms with E-state index >= 15 is 0 Å². The molecule has 17 heavy (non-hydrogen) atoms. The molecule has 1 saturated heterocycles. The number of guanidine groups is 1. The molecule has 0 unspecified atom stereocenters. The molecule has 0 saturated carbocycles. The highest BCUT2D eigenvalue weighted by Gasteiger charge is 2.16. The molecule has 6 nitrogen and oxygen atoms in total. The van der Waals surface area contributed by atoms with Gasteiger partial charge in [0.2, 0.25) is 0 Å². The SMILES string of the molecule is CC1CCN(C(N)=NCc2ncn(C)n2)CC1. The molecule has 1 aromatic rings. The van der Waals surface area contributed by atoms with Gasteiger partial charge in [-0.2, -0.15) is 5.10 Å². The highest BCUT2D eigenvalue weighted by Crippen LogP contribution is 2.15. The molecule has 6 heteroatoms. The molecule has 1 aliphatic heterocycles. The maximum atomic E-state index is 5.96. The second kappa shape index (κ2) is 5.16. The van der Waals surface area contributed by atoms with E-state index in [1.165, 1.54) is 12.8 Å². The number of hydrogen-bond donors (Lipinski definition) is 1. The van der Waals surface area contributed by atoms with Gasteiger partial charge < -0.3 is 10.6 Å². The molecule has 1 aromatic heterocycles. The van der Waals surface area contributed by atoms with Crippen molar-refractivity contribution in [1.82, 2.24) is 19.7 Å². The van der Waals surface area contributed by atoms with Crippen molar-refractivity contribution in [3.05, 3.63) is 12.2 Å². The summed E-state index contributed by atoms with van der Waals surface area (Å²) in [5.74, 6) is 2.13. The number of hydrogen-bond acceptors (Lipinski definition) is 3. The molecule has 2 N–H and O–H groups in total. The Morgan fingerprint density at radius 2 is 2.24 bits per heavy atom. The molecule has 1 fully saturated rings. The Hall–Kier alpha value is -1.59. The van der Waals surface area contributed by atoms with E-state index in [0.29, 0.717) is 18.3 Å². The average Bonchev–Trinajstić information content (AvgIpc) is 2.73. The lowest BCUT2D eigenvalue weighted by Gasteiger charge is -2.30. The number of aryl methyl sites for hydroxylation is 1. The third-order valence-corrected chi connectivity index (χ3v) is 3.14. The van der Waals surface area contributed by atoms with E-state index in [9.17, 15) is 0 Å². The summed E-state index contributed by atoms with van der Waals surface area (Å²) >= 11 is 0. The van der Waals surface area contributed by atoms with Crippen molar-refractivity contribution in [1.29, 1.82) is 0 Å². The summed E-state index contributed by atoms with van der Waals surface area (Å²) in [5.41, 5.74) is 5.96. The van der Waals surface area contributed by atoms with Gasteiger partial charge in [-0.1, -0.05) is 6.92 Å². The van der Waals surface area contributed by atoms with Crippen LogP contribution in [-0.2, 0) is 13.6 Å². The van der Waals surface area contributed by atoms with Crippen LogP contribution in [0.1, 0.15) is 25.6 Å². The standard InChI is InChI=1S/C11H20N6/c1-9-3-5-17(6-4-9)11(12)13-7-10-14-8-16(2)15-10/h8-9H,3-7H2,1-2H3,(H2,12,13). The lowest BCUT2D eigenvalue weighted by atomic mass is 10.00. The van der Waals surface area contributed by atoms with Gasteiger partial charge in [-0.3, -0.25) is 4.68 Å². The zero-order chi connectivity index (χ0) is 12.3. The molecule has 0 aromatic carbocycles. The molecule has 0 atom stereocenters. The average molecular weight is 236 g/mol. The summed E-state index contributed by atoms with van der Waals surface area (Å²) in [4.78, 5) is 10.6. The summed E-state index contributed by atoms with van der Waals surface area (Å²) in [7, 11) is 1.84. The van der Waals surface area contributed by atoms with Gasteiger partial charge in [-0.15, -0.1) is 0 Å². The maximum Gasteiger partial charge on any atom is 0.191 e. The number of aromatic nitrogens is 3. The molecule has 0 amide bonds. The molecule has 2 heterocycles. The van der Waals surface area contributed by atoms with Crippen LogP contribution in [0.25, 0.3) is 0 Å². The van der Waals surface area contributed by atoms with Gasteiger partial charge in [-0.05, 0) is 18.8 Å². The van der Waals surface area contributed by atoms with Gasteiger partial charge >= 0.3 is 0 Å². The van der Waals surface area contributed by atoms with Crippen LogP contribution >= 0.6 is 0 Å². The van der Waals surface area contributed by atoms with E-state index in [1.807, 2.05) is 7.05 Å². The first-order valence-corrected chi connectivity index (χ1v) is 6.04. The second-order valence-corrected chi connectivity index (χ2v) is 4.68. The van der Waals surface area contributed by atoms with Gasteiger partial charge in [0.15, 0.2) is 11.8 Å². The molecule has 0 radical (unpaired) electrons. The Labute approximate surface area is 102 Å². The summed E-state index contributed by atoms with van der Waals surface area (Å²) in [6, 6.07) is 0. The number of piperidine rings is 1. The van der Waals surface area contributed by atoms with Crippen LogP contribution in [0.2, 0.25) is 0 Å². The van der Waals surface area contributed by atoms with Crippen molar-refractivity contribution in [2.75, 3.05) is 13.1 Å². The fourth-order valence-corrected chi connectivity index (χ4v) is 1.95. The fraction of sp³-hybridized carbons (Fsp3) is 0.727. The zero-order valence-electron chi connectivity index (χ0n) is 10.5. The molecular weight excluding hydrogens is 216 g/mol. The Morgan fingerprint density at radius 3 is 2.82 bits per heavy atom. The van der Waals surface area contributed by atoms with Crippen LogP contribution in [0.15, 0.2) is 11.3 Å². The number of rotatable bonds is 2. The van der Waals surface area contributed by atoms with Crippen LogP contribution < -0.4 is 5.73 Å². The Balaban J connectivity index is 1.88. The summed E-state index contributed by atoms with van der Waals surface area (Å²) in [6.45, 7) is 4.75. The molecular formula is C11H20N6. The van der Waals surface area contributed by atoms with Crippen molar-refractivity contribution in [2.45, 2.75) is 26.3 Å². The van der Waals surface area contributed by atoms with E-state index in [1.54, 1.807) is 11.0 Å². The van der Waals surface area contributed by atoms with Crippen molar-refractivity contribution in [2.24, 2.45) is 23.7 Å². The van der Waals surface area contributed by atoms with E-state index < -0.39 is 0 Å². The normalized spacial score (nSPS) is 18.7. The third kappa shape index (κ3) is 3.18. The van der Waals surface area contributed by atoms with Gasteiger partial charge in [0.25, 0.3) is 0 Å². The predicted octanol–water partition coefficient (Wildman–Crippen LogP) is 0.362. The van der Waals surface area contributed by atoms with E-state index in [-0.39, 0.29) is 0 Å². The Kier molecular flexibility index (Phi) is 3.61. The van der Waals surface area contributed by atoms with Crippen LogP contribution in [0, 0.1) is 5.92 Å². The van der Waals surface area contributed by atoms with Crippen LogP contribution in [-0.4, -0.2) is 38.7 Å². The van der Waals surface area contributed by atoms with Crippen molar-refractivity contribution < 1.29 is 0 Å². The first-order chi connectivity index (χ1) is 8.15. The zero-order valence-corrected chi connectivity index (χ0v) is 10.5. The minimum atomic E-state index is 0.457.